The fraction of sp³-hybridized carbons (Fsp3) is 0.455. The van der Waals surface area contributed by atoms with Gasteiger partial charge in [0, 0.05) is 7.11 Å². The Labute approximate surface area is 100 Å². The molecule has 0 bridgehead atoms. The summed E-state index contributed by atoms with van der Waals surface area (Å²) in [6.07, 6.45) is 0. The van der Waals surface area contributed by atoms with Gasteiger partial charge in [-0.05, 0) is 12.1 Å². The Morgan fingerprint density at radius 2 is 1.94 bits per heavy atom. The maximum Gasteiger partial charge on any atom is 0.143 e. The number of methoxy groups -OCH3 is 1. The number of anilines is 1. The molecule has 1 aromatic carbocycles. The number of halogens is 1. The van der Waals surface area contributed by atoms with Crippen LogP contribution in [0.5, 0.6) is 5.75 Å². The minimum absolute atomic E-state index is 0.439. The summed E-state index contributed by atoms with van der Waals surface area (Å²) in [7, 11) is 1.63. The van der Waals surface area contributed by atoms with Crippen molar-refractivity contribution >= 4 is 17.3 Å². The van der Waals surface area contributed by atoms with Crippen molar-refractivity contribution in [1.29, 1.82) is 0 Å². The standard InChI is InChI=1S/C11H16ClNO3/c1-14-5-6-15-7-8-16-10-4-2-3-9(12)11(10)13/h2-4H,5-8,13H2,1H3. The van der Waals surface area contributed by atoms with Gasteiger partial charge in [0.25, 0.3) is 0 Å². The highest BCUT2D eigenvalue weighted by molar-refractivity contribution is 6.33. The fourth-order valence-electron chi connectivity index (χ4n) is 1.10. The third kappa shape index (κ3) is 4.26. The molecule has 0 amide bonds. The summed E-state index contributed by atoms with van der Waals surface area (Å²) in [6.45, 7) is 2.08. The maximum absolute atomic E-state index is 5.84. The number of nitrogen functional groups attached to an aromatic ring is 1. The largest absolute Gasteiger partial charge is 0.489 e. The van der Waals surface area contributed by atoms with Crippen LogP contribution in [0.15, 0.2) is 18.2 Å². The lowest BCUT2D eigenvalue weighted by atomic mass is 10.3. The Morgan fingerprint density at radius 3 is 2.69 bits per heavy atom. The summed E-state index contributed by atoms with van der Waals surface area (Å²) in [5, 5.41) is 0.498. The van der Waals surface area contributed by atoms with Gasteiger partial charge in [-0.1, -0.05) is 17.7 Å². The summed E-state index contributed by atoms with van der Waals surface area (Å²) in [4.78, 5) is 0. The number of nitrogens with two attached hydrogens (primary N) is 1. The van der Waals surface area contributed by atoms with Crippen LogP contribution in [0.25, 0.3) is 0 Å². The van der Waals surface area contributed by atoms with Crippen LogP contribution in [0.4, 0.5) is 5.69 Å². The number of rotatable bonds is 7. The molecule has 0 fully saturated rings. The first-order chi connectivity index (χ1) is 7.75. The summed E-state index contributed by atoms with van der Waals surface area (Å²) < 4.78 is 15.5. The molecule has 2 N–H and O–H groups in total. The minimum atomic E-state index is 0.439. The maximum atomic E-state index is 5.84. The molecule has 1 rings (SSSR count). The number of hydrogen-bond donors (Lipinski definition) is 1. The first-order valence-electron chi connectivity index (χ1n) is 4.99. The van der Waals surface area contributed by atoms with E-state index < -0.39 is 0 Å². The monoisotopic (exact) mass is 245 g/mol. The van der Waals surface area contributed by atoms with Gasteiger partial charge in [-0.2, -0.15) is 0 Å². The highest BCUT2D eigenvalue weighted by Gasteiger charge is 2.03. The third-order valence-electron chi connectivity index (χ3n) is 1.93. The zero-order chi connectivity index (χ0) is 11.8. The molecule has 1 aromatic rings. The van der Waals surface area contributed by atoms with Crippen molar-refractivity contribution in [1.82, 2.24) is 0 Å². The molecule has 0 saturated heterocycles. The quantitative estimate of drug-likeness (QED) is 0.589. The van der Waals surface area contributed by atoms with Crippen LogP contribution in [-0.2, 0) is 9.47 Å². The molecule has 0 unspecified atom stereocenters. The molecule has 16 heavy (non-hydrogen) atoms. The van der Waals surface area contributed by atoms with E-state index in [0.717, 1.165) is 0 Å². The highest BCUT2D eigenvalue weighted by atomic mass is 35.5. The topological polar surface area (TPSA) is 53.7 Å². The van der Waals surface area contributed by atoms with E-state index in [-0.39, 0.29) is 0 Å². The Balaban J connectivity index is 2.24. The minimum Gasteiger partial charge on any atom is -0.489 e. The third-order valence-corrected chi connectivity index (χ3v) is 2.26. The van der Waals surface area contributed by atoms with Crippen LogP contribution < -0.4 is 10.5 Å². The number of hydrogen-bond acceptors (Lipinski definition) is 4. The first-order valence-corrected chi connectivity index (χ1v) is 5.37. The average Bonchev–Trinajstić information content (AvgIpc) is 2.29. The van der Waals surface area contributed by atoms with Crippen molar-refractivity contribution in [3.63, 3.8) is 0 Å². The first kappa shape index (κ1) is 13.1. The summed E-state index contributed by atoms with van der Waals surface area (Å²) in [6, 6.07) is 5.29. The lowest BCUT2D eigenvalue weighted by Gasteiger charge is -2.09. The lowest BCUT2D eigenvalue weighted by molar-refractivity contribution is 0.0545. The van der Waals surface area contributed by atoms with Gasteiger partial charge in [0.15, 0.2) is 0 Å². The van der Waals surface area contributed by atoms with Crippen LogP contribution in [-0.4, -0.2) is 33.5 Å². The molecule has 0 saturated carbocycles. The molecule has 0 aliphatic rings. The Morgan fingerprint density at radius 1 is 1.19 bits per heavy atom. The van der Waals surface area contributed by atoms with Crippen molar-refractivity contribution in [3.05, 3.63) is 23.2 Å². The summed E-state index contributed by atoms with van der Waals surface area (Å²) >= 11 is 5.84. The molecular formula is C11H16ClNO3. The second-order valence-corrected chi connectivity index (χ2v) is 3.51. The second-order valence-electron chi connectivity index (χ2n) is 3.11. The fourth-order valence-corrected chi connectivity index (χ4v) is 1.26. The molecule has 0 radical (unpaired) electrons. The lowest BCUT2D eigenvalue weighted by Crippen LogP contribution is -2.10. The van der Waals surface area contributed by atoms with E-state index in [0.29, 0.717) is 42.9 Å². The van der Waals surface area contributed by atoms with E-state index >= 15 is 0 Å². The van der Waals surface area contributed by atoms with Gasteiger partial charge in [0.1, 0.15) is 12.4 Å². The molecule has 4 nitrogen and oxygen atoms in total. The van der Waals surface area contributed by atoms with Gasteiger partial charge in [-0.25, -0.2) is 0 Å². The van der Waals surface area contributed by atoms with Crippen molar-refractivity contribution in [2.45, 2.75) is 0 Å². The van der Waals surface area contributed by atoms with Crippen LogP contribution in [0.3, 0.4) is 0 Å². The van der Waals surface area contributed by atoms with Gasteiger partial charge >= 0.3 is 0 Å². The van der Waals surface area contributed by atoms with Crippen molar-refractivity contribution in [2.75, 3.05) is 39.3 Å². The Kier molecular flexibility index (Phi) is 6.00. The zero-order valence-corrected chi connectivity index (χ0v) is 10.00. The predicted molar refractivity (Wildman–Crippen MR) is 64.1 cm³/mol. The van der Waals surface area contributed by atoms with Crippen LogP contribution >= 0.6 is 11.6 Å². The molecule has 0 atom stereocenters. The van der Waals surface area contributed by atoms with Crippen molar-refractivity contribution in [2.24, 2.45) is 0 Å². The SMILES string of the molecule is COCCOCCOc1cccc(Cl)c1N. The van der Waals surface area contributed by atoms with Gasteiger partial charge in [0.05, 0.1) is 30.5 Å². The Hall–Kier alpha value is -0.970. The second kappa shape index (κ2) is 7.33. The van der Waals surface area contributed by atoms with Gasteiger partial charge in [0.2, 0.25) is 0 Å². The number of benzene rings is 1. The molecule has 0 aliphatic heterocycles. The van der Waals surface area contributed by atoms with Gasteiger partial charge in [-0.15, -0.1) is 0 Å². The summed E-state index contributed by atoms with van der Waals surface area (Å²) in [5.74, 6) is 0.586. The normalized spacial score (nSPS) is 10.4. The van der Waals surface area contributed by atoms with Crippen molar-refractivity contribution < 1.29 is 14.2 Å². The average molecular weight is 246 g/mol. The van der Waals surface area contributed by atoms with E-state index in [4.69, 9.17) is 31.5 Å². The molecule has 0 aliphatic carbocycles. The molecule has 0 heterocycles. The highest BCUT2D eigenvalue weighted by Crippen LogP contribution is 2.28. The van der Waals surface area contributed by atoms with E-state index in [1.54, 1.807) is 25.3 Å². The van der Waals surface area contributed by atoms with Crippen LogP contribution in [0.2, 0.25) is 5.02 Å². The van der Waals surface area contributed by atoms with Gasteiger partial charge < -0.3 is 19.9 Å². The number of ether oxygens (including phenoxy) is 3. The van der Waals surface area contributed by atoms with Crippen molar-refractivity contribution in [3.8, 4) is 5.75 Å². The molecule has 5 heteroatoms. The van der Waals surface area contributed by atoms with E-state index in [1.807, 2.05) is 0 Å². The van der Waals surface area contributed by atoms with Gasteiger partial charge in [-0.3, -0.25) is 0 Å². The molecule has 0 aromatic heterocycles. The smallest absolute Gasteiger partial charge is 0.143 e. The molecule has 90 valence electrons. The van der Waals surface area contributed by atoms with E-state index in [1.165, 1.54) is 0 Å². The molecular weight excluding hydrogens is 230 g/mol. The van der Waals surface area contributed by atoms with E-state index in [2.05, 4.69) is 0 Å². The zero-order valence-electron chi connectivity index (χ0n) is 9.24. The summed E-state index contributed by atoms with van der Waals surface area (Å²) in [5.41, 5.74) is 6.19. The predicted octanol–water partition coefficient (Wildman–Crippen LogP) is 1.96. The van der Waals surface area contributed by atoms with Crippen LogP contribution in [0, 0.1) is 0 Å². The molecule has 0 spiro atoms. The number of para-hydroxylation sites is 1. The van der Waals surface area contributed by atoms with Crippen LogP contribution in [0.1, 0.15) is 0 Å². The van der Waals surface area contributed by atoms with E-state index in [9.17, 15) is 0 Å². The Bertz CT molecular complexity index is 320.